The number of pyridine rings is 2. The Labute approximate surface area is 162 Å². The van der Waals surface area contributed by atoms with Gasteiger partial charge in [0.1, 0.15) is 12.4 Å². The van der Waals surface area contributed by atoms with Crippen LogP contribution in [-0.4, -0.2) is 34.5 Å². The van der Waals surface area contributed by atoms with E-state index in [0.29, 0.717) is 17.1 Å². The third-order valence-corrected chi connectivity index (χ3v) is 3.63. The van der Waals surface area contributed by atoms with Crippen LogP contribution < -0.4 is 10.2 Å². The lowest BCUT2D eigenvalue weighted by Crippen LogP contribution is -2.21. The molecule has 7 nitrogen and oxygen atoms in total. The van der Waals surface area contributed by atoms with Crippen molar-refractivity contribution in [2.45, 2.75) is 6.92 Å². The minimum Gasteiger partial charge on any atom is -0.486 e. The number of carbonyl (C=O) groups excluding carboxylic acids is 1. The Balaban J connectivity index is 1.73. The van der Waals surface area contributed by atoms with Gasteiger partial charge in [0.05, 0.1) is 0 Å². The Bertz CT molecular complexity index is 972. The van der Waals surface area contributed by atoms with E-state index in [2.05, 4.69) is 25.5 Å². The fraction of sp³-hybridized carbons (Fsp3) is 0.0952. The molecule has 3 aromatic rings. The van der Waals surface area contributed by atoms with E-state index in [-0.39, 0.29) is 12.5 Å². The van der Waals surface area contributed by atoms with Crippen LogP contribution in [0.5, 0.6) is 5.75 Å². The molecule has 0 atom stereocenters. The summed E-state index contributed by atoms with van der Waals surface area (Å²) in [5, 5.41) is 4.11. The van der Waals surface area contributed by atoms with E-state index in [1.807, 2.05) is 43.3 Å². The summed E-state index contributed by atoms with van der Waals surface area (Å²) >= 11 is 0. The highest BCUT2D eigenvalue weighted by atomic mass is 16.5. The SMILES string of the molecule is Cc1cccc(OC/C(N=Cc2cccnc2)=N\NC(=O)c2ccncc2)c1. The Morgan fingerprint density at radius 2 is 1.96 bits per heavy atom. The molecule has 1 amide bonds. The molecule has 0 unspecified atom stereocenters. The summed E-state index contributed by atoms with van der Waals surface area (Å²) in [6, 6.07) is 14.5. The van der Waals surface area contributed by atoms with Crippen LogP contribution in [0.25, 0.3) is 0 Å². The van der Waals surface area contributed by atoms with Crippen molar-refractivity contribution >= 4 is 18.0 Å². The molecule has 0 aliphatic carbocycles. The van der Waals surface area contributed by atoms with Crippen LogP contribution in [0.1, 0.15) is 21.5 Å². The number of aryl methyl sites for hydroxylation is 1. The maximum atomic E-state index is 12.2. The lowest BCUT2D eigenvalue weighted by molar-refractivity contribution is 0.0954. The molecule has 140 valence electrons. The second-order valence-electron chi connectivity index (χ2n) is 5.85. The van der Waals surface area contributed by atoms with Gasteiger partial charge >= 0.3 is 0 Å². The summed E-state index contributed by atoms with van der Waals surface area (Å²) in [6.45, 7) is 2.08. The molecule has 1 aromatic carbocycles. The van der Waals surface area contributed by atoms with Crippen molar-refractivity contribution < 1.29 is 9.53 Å². The molecule has 0 aliphatic rings. The Kier molecular flexibility index (Phi) is 6.57. The predicted octanol–water partition coefficient (Wildman–Crippen LogP) is 3.03. The second-order valence-corrected chi connectivity index (χ2v) is 5.85. The van der Waals surface area contributed by atoms with Gasteiger partial charge in [-0.05, 0) is 42.8 Å². The Hall–Kier alpha value is -3.87. The van der Waals surface area contributed by atoms with Crippen molar-refractivity contribution in [3.63, 3.8) is 0 Å². The quantitative estimate of drug-likeness (QED) is 0.409. The standard InChI is InChI=1S/C21H19N5O2/c1-16-4-2-6-19(12-16)28-15-20(24-14-17-5-3-9-23-13-17)25-26-21(27)18-7-10-22-11-8-18/h2-14H,15H2,1H3,(H,26,27)/b24-14?,25-20+. The number of nitrogens with zero attached hydrogens (tertiary/aromatic N) is 4. The lowest BCUT2D eigenvalue weighted by Gasteiger charge is -2.07. The Morgan fingerprint density at radius 3 is 2.71 bits per heavy atom. The first-order valence-corrected chi connectivity index (χ1v) is 8.61. The monoisotopic (exact) mass is 373 g/mol. The van der Waals surface area contributed by atoms with Gasteiger partial charge in [0.25, 0.3) is 5.91 Å². The first kappa shape index (κ1) is 18.9. The highest BCUT2D eigenvalue weighted by molar-refractivity contribution is 5.98. The maximum Gasteiger partial charge on any atom is 0.271 e. The summed E-state index contributed by atoms with van der Waals surface area (Å²) in [5.74, 6) is 0.657. The smallest absolute Gasteiger partial charge is 0.271 e. The van der Waals surface area contributed by atoms with E-state index in [4.69, 9.17) is 4.74 Å². The van der Waals surface area contributed by atoms with Crippen molar-refractivity contribution in [1.82, 2.24) is 15.4 Å². The van der Waals surface area contributed by atoms with Gasteiger partial charge in [0.15, 0.2) is 5.84 Å². The number of aromatic nitrogens is 2. The number of nitrogens with one attached hydrogen (secondary N) is 1. The van der Waals surface area contributed by atoms with Gasteiger partial charge in [0, 0.05) is 42.1 Å². The molecule has 28 heavy (non-hydrogen) atoms. The van der Waals surface area contributed by atoms with Crippen molar-refractivity contribution in [1.29, 1.82) is 0 Å². The van der Waals surface area contributed by atoms with Gasteiger partial charge < -0.3 is 4.74 Å². The third kappa shape index (κ3) is 5.84. The van der Waals surface area contributed by atoms with E-state index < -0.39 is 0 Å². The number of hydrazone groups is 1. The summed E-state index contributed by atoms with van der Waals surface area (Å²) < 4.78 is 5.75. The van der Waals surface area contributed by atoms with E-state index in [0.717, 1.165) is 11.1 Å². The molecule has 0 saturated heterocycles. The van der Waals surface area contributed by atoms with Gasteiger partial charge in [-0.2, -0.15) is 5.10 Å². The fourth-order valence-electron chi connectivity index (χ4n) is 2.24. The predicted molar refractivity (Wildman–Crippen MR) is 108 cm³/mol. The molecule has 0 radical (unpaired) electrons. The highest BCUT2D eigenvalue weighted by Crippen LogP contribution is 2.12. The molecule has 2 aromatic heterocycles. The normalized spacial score (nSPS) is 11.4. The van der Waals surface area contributed by atoms with Crippen LogP contribution in [0.4, 0.5) is 0 Å². The van der Waals surface area contributed by atoms with Crippen LogP contribution in [0, 0.1) is 6.92 Å². The van der Waals surface area contributed by atoms with Crippen molar-refractivity contribution in [2.24, 2.45) is 10.1 Å². The first-order valence-electron chi connectivity index (χ1n) is 8.61. The second kappa shape index (κ2) is 9.72. The number of amides is 1. The Morgan fingerprint density at radius 1 is 1.11 bits per heavy atom. The van der Waals surface area contributed by atoms with Crippen LogP contribution in [0.3, 0.4) is 0 Å². The number of hydrogen-bond donors (Lipinski definition) is 1. The van der Waals surface area contributed by atoms with Crippen molar-refractivity contribution in [2.75, 3.05) is 6.61 Å². The fourth-order valence-corrected chi connectivity index (χ4v) is 2.24. The maximum absolute atomic E-state index is 12.2. The topological polar surface area (TPSA) is 88.8 Å². The number of aliphatic imine (C=N–C) groups is 1. The van der Waals surface area contributed by atoms with Gasteiger partial charge in [-0.3, -0.25) is 14.8 Å². The molecule has 2 heterocycles. The number of hydrogen-bond acceptors (Lipinski definition) is 5. The van der Waals surface area contributed by atoms with E-state index in [1.165, 1.54) is 0 Å². The van der Waals surface area contributed by atoms with Gasteiger partial charge in [-0.25, -0.2) is 10.4 Å². The zero-order chi connectivity index (χ0) is 19.6. The molecule has 0 spiro atoms. The number of rotatable bonds is 6. The van der Waals surface area contributed by atoms with E-state index in [1.54, 1.807) is 43.1 Å². The molecule has 1 N–H and O–H groups in total. The molecule has 0 bridgehead atoms. The van der Waals surface area contributed by atoms with Crippen LogP contribution in [-0.2, 0) is 0 Å². The van der Waals surface area contributed by atoms with Gasteiger partial charge in [0.2, 0.25) is 0 Å². The van der Waals surface area contributed by atoms with Gasteiger partial charge in [-0.15, -0.1) is 0 Å². The van der Waals surface area contributed by atoms with E-state index in [9.17, 15) is 4.79 Å². The molecular formula is C21H19N5O2. The number of amidine groups is 1. The van der Waals surface area contributed by atoms with Gasteiger partial charge in [-0.1, -0.05) is 18.2 Å². The number of benzene rings is 1. The lowest BCUT2D eigenvalue weighted by atomic mass is 10.2. The largest absolute Gasteiger partial charge is 0.486 e. The minimum atomic E-state index is -0.355. The highest BCUT2D eigenvalue weighted by Gasteiger charge is 2.05. The summed E-state index contributed by atoms with van der Waals surface area (Å²) in [6.07, 6.45) is 8.06. The summed E-state index contributed by atoms with van der Waals surface area (Å²) in [5.41, 5.74) is 4.84. The molecule has 0 aliphatic heterocycles. The van der Waals surface area contributed by atoms with E-state index >= 15 is 0 Å². The third-order valence-electron chi connectivity index (χ3n) is 3.63. The molecule has 0 saturated carbocycles. The van der Waals surface area contributed by atoms with Crippen LogP contribution >= 0.6 is 0 Å². The molecule has 0 fully saturated rings. The molecule has 7 heteroatoms. The number of carbonyl (C=O) groups is 1. The van der Waals surface area contributed by atoms with Crippen LogP contribution in [0.2, 0.25) is 0 Å². The minimum absolute atomic E-state index is 0.0941. The average molecular weight is 373 g/mol. The number of ether oxygens (including phenoxy) is 1. The first-order chi connectivity index (χ1) is 13.7. The molecule has 3 rings (SSSR count). The van der Waals surface area contributed by atoms with Crippen molar-refractivity contribution in [3.8, 4) is 5.75 Å². The van der Waals surface area contributed by atoms with Crippen molar-refractivity contribution in [3.05, 3.63) is 90.0 Å². The summed E-state index contributed by atoms with van der Waals surface area (Å²) in [7, 11) is 0. The molecular weight excluding hydrogens is 354 g/mol. The average Bonchev–Trinajstić information content (AvgIpc) is 2.74. The summed E-state index contributed by atoms with van der Waals surface area (Å²) in [4.78, 5) is 24.5. The zero-order valence-electron chi connectivity index (χ0n) is 15.3. The van der Waals surface area contributed by atoms with Crippen LogP contribution in [0.15, 0.2) is 83.4 Å². The zero-order valence-corrected chi connectivity index (χ0v) is 15.3.